The van der Waals surface area contributed by atoms with E-state index >= 15 is 0 Å². The Kier molecular flexibility index (Phi) is 24.0. The van der Waals surface area contributed by atoms with Crippen molar-refractivity contribution in [1.29, 1.82) is 0 Å². The zero-order valence-corrected chi connectivity index (χ0v) is 20.6. The van der Waals surface area contributed by atoms with Crippen molar-refractivity contribution >= 4 is 0 Å². The first kappa shape index (κ1) is 28.6. The highest BCUT2D eigenvalue weighted by molar-refractivity contribution is 4.52. The van der Waals surface area contributed by atoms with E-state index in [1.54, 1.807) is 0 Å². The lowest BCUT2D eigenvalue weighted by atomic mass is 10.1. The van der Waals surface area contributed by atoms with Crippen LogP contribution in [0.4, 0.5) is 0 Å². The largest absolute Gasteiger partial charge is 1.00 e. The van der Waals surface area contributed by atoms with Crippen molar-refractivity contribution in [3.63, 3.8) is 0 Å². The first-order valence-corrected chi connectivity index (χ1v) is 12.1. The molecule has 0 aliphatic heterocycles. The summed E-state index contributed by atoms with van der Waals surface area (Å²) in [7, 11) is 0. The van der Waals surface area contributed by atoms with Crippen LogP contribution >= 0.6 is 0 Å². The van der Waals surface area contributed by atoms with Crippen LogP contribution in [0.3, 0.4) is 0 Å². The molecule has 0 rings (SSSR count). The molecule has 0 atom stereocenters. The van der Waals surface area contributed by atoms with Crippen LogP contribution < -0.4 is 17.0 Å². The minimum absolute atomic E-state index is 0. The lowest BCUT2D eigenvalue weighted by Crippen LogP contribution is -3.00. The van der Waals surface area contributed by atoms with E-state index in [4.69, 9.17) is 0 Å². The third-order valence-corrected chi connectivity index (χ3v) is 5.94. The van der Waals surface area contributed by atoms with Crippen LogP contribution in [0.5, 0.6) is 0 Å². The Hall–Kier alpha value is 0.440. The van der Waals surface area contributed by atoms with Crippen molar-refractivity contribution in [2.75, 3.05) is 26.2 Å². The minimum atomic E-state index is 0. The van der Waals surface area contributed by atoms with E-state index in [0.717, 1.165) is 0 Å². The smallest absolute Gasteiger partial charge is 0.0786 e. The molecule has 0 aromatic rings. The predicted molar refractivity (Wildman–Crippen MR) is 116 cm³/mol. The molecule has 0 unspecified atom stereocenters. The summed E-state index contributed by atoms with van der Waals surface area (Å²) >= 11 is 0. The van der Waals surface area contributed by atoms with Gasteiger partial charge in [-0.1, -0.05) is 91.9 Å². The average molecular weight is 435 g/mol. The predicted octanol–water partition coefficient (Wildman–Crippen LogP) is 5.13. The van der Waals surface area contributed by atoms with Crippen molar-refractivity contribution in [3.05, 3.63) is 0 Å². The summed E-state index contributed by atoms with van der Waals surface area (Å²) in [5.74, 6) is 0. The molecule has 0 radical (unpaired) electrons. The first-order chi connectivity index (χ1) is 12.2. The summed E-state index contributed by atoms with van der Waals surface area (Å²) in [5.41, 5.74) is 0. The zero-order chi connectivity index (χ0) is 18.6. The van der Waals surface area contributed by atoms with Crippen molar-refractivity contribution in [2.45, 2.75) is 130 Å². The second-order valence-corrected chi connectivity index (χ2v) is 8.48. The summed E-state index contributed by atoms with van der Waals surface area (Å²) in [6.45, 7) is 15.2. The van der Waals surface area contributed by atoms with E-state index in [-0.39, 0.29) is 17.0 Å². The summed E-state index contributed by atoms with van der Waals surface area (Å²) < 4.78 is 1.45. The normalized spacial score (nSPS) is 11.5. The number of hydrogen-bond acceptors (Lipinski definition) is 0. The van der Waals surface area contributed by atoms with Crippen molar-refractivity contribution in [2.24, 2.45) is 0 Å². The summed E-state index contributed by atoms with van der Waals surface area (Å²) in [6.07, 6.45) is 22.9. The molecule has 0 aliphatic rings. The Morgan fingerprint density at radius 3 is 0.962 bits per heavy atom. The number of rotatable bonds is 20. The molecular weight excluding hydrogens is 382 g/mol. The van der Waals surface area contributed by atoms with Gasteiger partial charge in [0, 0.05) is 0 Å². The monoisotopic (exact) mass is 433 g/mol. The Bertz CT molecular complexity index is 229. The van der Waals surface area contributed by atoms with E-state index in [1.165, 1.54) is 133 Å². The fourth-order valence-electron chi connectivity index (χ4n) is 4.11. The molecule has 0 bridgehead atoms. The Morgan fingerprint density at radius 2 is 0.615 bits per heavy atom. The number of unbranched alkanes of at least 4 members (excludes halogenated alkanes) is 12. The standard InChI is InChI=1S/C24H52N.BrH/c1-5-9-13-15-17-19-23-25(21-11-7-3,22-12-8-4)24-20-18-16-14-10-6-2;/h5-24H2,1-4H3;1H/q+1;/p-1. The van der Waals surface area contributed by atoms with Gasteiger partial charge in [-0.2, -0.15) is 0 Å². The van der Waals surface area contributed by atoms with E-state index in [0.29, 0.717) is 0 Å². The lowest BCUT2D eigenvalue weighted by molar-refractivity contribution is -0.929. The third kappa shape index (κ3) is 16.6. The number of halogens is 1. The van der Waals surface area contributed by atoms with Crippen molar-refractivity contribution in [3.8, 4) is 0 Å². The van der Waals surface area contributed by atoms with E-state index in [9.17, 15) is 0 Å². The molecule has 26 heavy (non-hydrogen) atoms. The maximum absolute atomic E-state index is 2.37. The maximum Gasteiger partial charge on any atom is 0.0786 e. The molecule has 0 spiro atoms. The van der Waals surface area contributed by atoms with Crippen molar-refractivity contribution < 1.29 is 21.5 Å². The van der Waals surface area contributed by atoms with Gasteiger partial charge in [0.1, 0.15) is 0 Å². The molecule has 0 aromatic carbocycles. The van der Waals surface area contributed by atoms with Gasteiger partial charge in [0.05, 0.1) is 26.2 Å². The van der Waals surface area contributed by atoms with Gasteiger partial charge in [0.2, 0.25) is 0 Å². The van der Waals surface area contributed by atoms with Crippen LogP contribution in [0.2, 0.25) is 0 Å². The van der Waals surface area contributed by atoms with Gasteiger partial charge in [-0.25, -0.2) is 0 Å². The first-order valence-electron chi connectivity index (χ1n) is 12.1. The fraction of sp³-hybridized carbons (Fsp3) is 1.00. The molecular formula is C24H52BrN. The van der Waals surface area contributed by atoms with Crippen LogP contribution in [0.25, 0.3) is 0 Å². The maximum atomic E-state index is 2.37. The Morgan fingerprint density at radius 1 is 0.346 bits per heavy atom. The van der Waals surface area contributed by atoms with Gasteiger partial charge in [0.15, 0.2) is 0 Å². The summed E-state index contributed by atoms with van der Waals surface area (Å²) in [6, 6.07) is 0. The highest BCUT2D eigenvalue weighted by atomic mass is 79.9. The van der Waals surface area contributed by atoms with Gasteiger partial charge in [0.25, 0.3) is 0 Å². The third-order valence-electron chi connectivity index (χ3n) is 5.94. The van der Waals surface area contributed by atoms with Gasteiger partial charge >= 0.3 is 0 Å². The second kappa shape index (κ2) is 21.7. The average Bonchev–Trinajstić information content (AvgIpc) is 2.63. The molecule has 0 N–H and O–H groups in total. The fourth-order valence-corrected chi connectivity index (χ4v) is 4.11. The molecule has 0 saturated heterocycles. The van der Waals surface area contributed by atoms with Gasteiger partial charge in [-0.3, -0.25) is 0 Å². The number of quaternary nitrogens is 1. The van der Waals surface area contributed by atoms with Crippen LogP contribution in [-0.2, 0) is 0 Å². The van der Waals surface area contributed by atoms with E-state index < -0.39 is 0 Å². The second-order valence-electron chi connectivity index (χ2n) is 8.48. The molecule has 0 saturated carbocycles. The van der Waals surface area contributed by atoms with Crippen LogP contribution in [-0.4, -0.2) is 30.7 Å². The molecule has 0 amide bonds. The quantitative estimate of drug-likeness (QED) is 0.184. The number of hydrogen-bond donors (Lipinski definition) is 0. The molecule has 0 heterocycles. The molecule has 160 valence electrons. The van der Waals surface area contributed by atoms with Gasteiger partial charge in [-0.05, 0) is 38.5 Å². The summed E-state index contributed by atoms with van der Waals surface area (Å²) in [5, 5.41) is 0. The Labute approximate surface area is 178 Å². The molecule has 0 fully saturated rings. The zero-order valence-electron chi connectivity index (χ0n) is 19.0. The highest BCUT2D eigenvalue weighted by Crippen LogP contribution is 2.18. The van der Waals surface area contributed by atoms with Crippen LogP contribution in [0.15, 0.2) is 0 Å². The molecule has 1 nitrogen and oxygen atoms in total. The molecule has 0 aliphatic carbocycles. The van der Waals surface area contributed by atoms with Crippen molar-refractivity contribution in [1.82, 2.24) is 0 Å². The minimum Gasteiger partial charge on any atom is -1.00 e. The molecule has 0 aromatic heterocycles. The van der Waals surface area contributed by atoms with Crippen LogP contribution in [0.1, 0.15) is 130 Å². The topological polar surface area (TPSA) is 0 Å². The Balaban J connectivity index is 0. The van der Waals surface area contributed by atoms with Gasteiger partial charge in [-0.15, -0.1) is 0 Å². The summed E-state index contributed by atoms with van der Waals surface area (Å²) in [4.78, 5) is 0. The van der Waals surface area contributed by atoms with Gasteiger partial charge < -0.3 is 21.5 Å². The molecule has 2 heteroatoms. The lowest BCUT2D eigenvalue weighted by Gasteiger charge is -2.39. The van der Waals surface area contributed by atoms with Crippen LogP contribution in [0, 0.1) is 0 Å². The SMILES string of the molecule is CCCCCCCC[N+](CCCC)(CCCC)CCCCCCCC.[Br-]. The van der Waals surface area contributed by atoms with E-state index in [2.05, 4.69) is 27.7 Å². The number of nitrogens with zero attached hydrogens (tertiary/aromatic N) is 1. The highest BCUT2D eigenvalue weighted by Gasteiger charge is 2.25. The van der Waals surface area contributed by atoms with E-state index in [1.807, 2.05) is 0 Å².